The Morgan fingerprint density at radius 1 is 1.53 bits per heavy atom. The smallest absolute Gasteiger partial charge is 0.301 e. The van der Waals surface area contributed by atoms with Crippen LogP contribution in [0.2, 0.25) is 0 Å². The Morgan fingerprint density at radius 3 is 2.94 bits per heavy atom. The van der Waals surface area contributed by atoms with E-state index in [0.29, 0.717) is 25.6 Å². The second kappa shape index (κ2) is 7.05. The van der Waals surface area contributed by atoms with E-state index in [2.05, 4.69) is 0 Å². The summed E-state index contributed by atoms with van der Waals surface area (Å²) >= 11 is 0. The minimum Gasteiger partial charge on any atom is -0.453 e. The highest BCUT2D eigenvalue weighted by atomic mass is 16.5. The summed E-state index contributed by atoms with van der Waals surface area (Å²) in [5.41, 5.74) is 2.77. The standard InChI is InChI=1S/C11H18N2O4/c1-8-6-9(7-16-5-3-4-15-2)17-10(8)11(14)13-12/h6H,3-5,7,12H2,1-2H3,(H,13,14). The molecule has 0 spiro atoms. The van der Waals surface area contributed by atoms with Crippen molar-refractivity contribution in [2.45, 2.75) is 20.0 Å². The van der Waals surface area contributed by atoms with Crippen molar-refractivity contribution in [2.24, 2.45) is 5.84 Å². The molecule has 1 rings (SSSR count). The van der Waals surface area contributed by atoms with Crippen molar-refractivity contribution in [3.63, 3.8) is 0 Å². The van der Waals surface area contributed by atoms with Gasteiger partial charge in [-0.05, 0) is 19.4 Å². The number of hydrogen-bond acceptors (Lipinski definition) is 5. The molecule has 0 aliphatic rings. The number of furan rings is 1. The highest BCUT2D eigenvalue weighted by Gasteiger charge is 2.14. The molecule has 0 aliphatic carbocycles. The first-order chi connectivity index (χ1) is 8.19. The first kappa shape index (κ1) is 13.7. The van der Waals surface area contributed by atoms with Crippen molar-refractivity contribution in [1.29, 1.82) is 0 Å². The monoisotopic (exact) mass is 242 g/mol. The lowest BCUT2D eigenvalue weighted by Gasteiger charge is -2.01. The number of nitrogen functional groups attached to an aromatic ring is 1. The molecule has 0 saturated carbocycles. The molecule has 0 aromatic carbocycles. The van der Waals surface area contributed by atoms with Crippen LogP contribution in [0.3, 0.4) is 0 Å². The minimum atomic E-state index is -0.437. The van der Waals surface area contributed by atoms with Crippen molar-refractivity contribution in [2.75, 3.05) is 20.3 Å². The molecule has 6 heteroatoms. The van der Waals surface area contributed by atoms with E-state index >= 15 is 0 Å². The maximum atomic E-state index is 11.3. The minimum absolute atomic E-state index is 0.225. The fraction of sp³-hybridized carbons (Fsp3) is 0.545. The third kappa shape index (κ3) is 4.18. The Kier molecular flexibility index (Phi) is 5.68. The van der Waals surface area contributed by atoms with Gasteiger partial charge in [-0.25, -0.2) is 5.84 Å². The van der Waals surface area contributed by atoms with Crippen LogP contribution in [0.1, 0.15) is 28.3 Å². The number of rotatable bonds is 7. The first-order valence-corrected chi connectivity index (χ1v) is 5.36. The zero-order valence-corrected chi connectivity index (χ0v) is 10.1. The molecule has 17 heavy (non-hydrogen) atoms. The zero-order chi connectivity index (χ0) is 12.7. The fourth-order valence-corrected chi connectivity index (χ4v) is 1.39. The molecule has 0 fully saturated rings. The van der Waals surface area contributed by atoms with Gasteiger partial charge in [-0.3, -0.25) is 10.2 Å². The van der Waals surface area contributed by atoms with Gasteiger partial charge in [0.05, 0.1) is 0 Å². The van der Waals surface area contributed by atoms with E-state index in [9.17, 15) is 4.79 Å². The van der Waals surface area contributed by atoms with Gasteiger partial charge in [0, 0.05) is 25.9 Å². The van der Waals surface area contributed by atoms with Gasteiger partial charge in [0.1, 0.15) is 12.4 Å². The summed E-state index contributed by atoms with van der Waals surface area (Å²) < 4.78 is 15.6. The lowest BCUT2D eigenvalue weighted by Crippen LogP contribution is -2.30. The predicted octanol–water partition coefficient (Wildman–Crippen LogP) is 0.745. The largest absolute Gasteiger partial charge is 0.453 e. The highest BCUT2D eigenvalue weighted by molar-refractivity contribution is 5.92. The number of hydrogen-bond donors (Lipinski definition) is 2. The van der Waals surface area contributed by atoms with Gasteiger partial charge in [0.15, 0.2) is 5.76 Å². The van der Waals surface area contributed by atoms with Gasteiger partial charge in [0.25, 0.3) is 0 Å². The van der Waals surface area contributed by atoms with E-state index in [1.807, 2.05) is 5.43 Å². The molecule has 0 unspecified atom stereocenters. The van der Waals surface area contributed by atoms with Crippen LogP contribution in [0, 0.1) is 6.92 Å². The van der Waals surface area contributed by atoms with Gasteiger partial charge < -0.3 is 13.9 Å². The Labute approximate surface area is 100 Å². The number of methoxy groups -OCH3 is 1. The van der Waals surface area contributed by atoms with Crippen molar-refractivity contribution in [3.8, 4) is 0 Å². The zero-order valence-electron chi connectivity index (χ0n) is 10.1. The summed E-state index contributed by atoms with van der Waals surface area (Å²) in [7, 11) is 1.65. The van der Waals surface area contributed by atoms with Crippen LogP contribution in [0.15, 0.2) is 10.5 Å². The second-order valence-corrected chi connectivity index (χ2v) is 3.60. The molecule has 1 aromatic heterocycles. The lowest BCUT2D eigenvalue weighted by molar-refractivity contribution is 0.0798. The van der Waals surface area contributed by atoms with Gasteiger partial charge in [0.2, 0.25) is 0 Å². The number of carbonyl (C=O) groups is 1. The fourth-order valence-electron chi connectivity index (χ4n) is 1.39. The summed E-state index contributed by atoms with van der Waals surface area (Å²) in [6.45, 7) is 3.37. The van der Waals surface area contributed by atoms with Gasteiger partial charge in [-0.1, -0.05) is 0 Å². The molecule has 96 valence electrons. The SMILES string of the molecule is COCCCOCc1cc(C)c(C(=O)NN)o1. The van der Waals surface area contributed by atoms with Gasteiger partial charge in [-0.2, -0.15) is 0 Å². The molecule has 3 N–H and O–H groups in total. The van der Waals surface area contributed by atoms with Crippen molar-refractivity contribution < 1.29 is 18.7 Å². The average molecular weight is 242 g/mol. The Balaban J connectivity index is 2.42. The third-order valence-corrected chi connectivity index (χ3v) is 2.19. The molecular weight excluding hydrogens is 224 g/mol. The number of ether oxygens (including phenoxy) is 2. The van der Waals surface area contributed by atoms with Crippen molar-refractivity contribution in [3.05, 3.63) is 23.2 Å². The number of carbonyl (C=O) groups excluding carboxylic acids is 1. The molecule has 1 heterocycles. The Morgan fingerprint density at radius 2 is 2.29 bits per heavy atom. The number of aryl methyl sites for hydroxylation is 1. The van der Waals surface area contributed by atoms with Crippen molar-refractivity contribution >= 4 is 5.91 Å². The quantitative estimate of drug-likeness (QED) is 0.319. The van der Waals surface area contributed by atoms with Crippen LogP contribution >= 0.6 is 0 Å². The van der Waals surface area contributed by atoms with Crippen molar-refractivity contribution in [1.82, 2.24) is 5.43 Å². The van der Waals surface area contributed by atoms with Crippen LogP contribution in [0.25, 0.3) is 0 Å². The summed E-state index contributed by atoms with van der Waals surface area (Å²) in [5, 5.41) is 0. The summed E-state index contributed by atoms with van der Waals surface area (Å²) in [5.74, 6) is 5.43. The van der Waals surface area contributed by atoms with Crippen LogP contribution in [0.5, 0.6) is 0 Å². The summed E-state index contributed by atoms with van der Waals surface area (Å²) in [6.07, 6.45) is 0.826. The molecule has 0 atom stereocenters. The first-order valence-electron chi connectivity index (χ1n) is 5.36. The third-order valence-electron chi connectivity index (χ3n) is 2.19. The molecule has 1 amide bonds. The topological polar surface area (TPSA) is 86.7 Å². The molecular formula is C11H18N2O4. The predicted molar refractivity (Wildman–Crippen MR) is 61.2 cm³/mol. The lowest BCUT2D eigenvalue weighted by atomic mass is 10.2. The number of hydrazine groups is 1. The van der Waals surface area contributed by atoms with E-state index in [1.54, 1.807) is 20.1 Å². The Bertz CT molecular complexity index is 362. The second-order valence-electron chi connectivity index (χ2n) is 3.60. The van der Waals surface area contributed by atoms with Gasteiger partial charge in [-0.15, -0.1) is 0 Å². The summed E-state index contributed by atoms with van der Waals surface area (Å²) in [6, 6.07) is 1.76. The maximum absolute atomic E-state index is 11.3. The molecule has 0 radical (unpaired) electrons. The summed E-state index contributed by atoms with van der Waals surface area (Å²) in [4.78, 5) is 11.3. The van der Waals surface area contributed by atoms with Crippen LogP contribution in [-0.2, 0) is 16.1 Å². The molecule has 0 bridgehead atoms. The molecule has 0 aliphatic heterocycles. The molecule has 0 saturated heterocycles. The Hall–Kier alpha value is -1.37. The van der Waals surface area contributed by atoms with E-state index in [1.165, 1.54) is 0 Å². The van der Waals surface area contributed by atoms with Crippen LogP contribution in [-0.4, -0.2) is 26.2 Å². The number of amides is 1. The van der Waals surface area contributed by atoms with Gasteiger partial charge >= 0.3 is 5.91 Å². The number of nitrogens with one attached hydrogen (secondary N) is 1. The normalized spacial score (nSPS) is 10.5. The van der Waals surface area contributed by atoms with E-state index < -0.39 is 5.91 Å². The maximum Gasteiger partial charge on any atom is 0.301 e. The van der Waals surface area contributed by atoms with Crippen LogP contribution in [0.4, 0.5) is 0 Å². The van der Waals surface area contributed by atoms with E-state index in [0.717, 1.165) is 12.0 Å². The molecule has 1 aromatic rings. The highest BCUT2D eigenvalue weighted by Crippen LogP contribution is 2.15. The molecule has 6 nitrogen and oxygen atoms in total. The van der Waals surface area contributed by atoms with Crippen LogP contribution < -0.4 is 11.3 Å². The average Bonchev–Trinajstić information content (AvgIpc) is 2.69. The van der Waals surface area contributed by atoms with E-state index in [-0.39, 0.29) is 5.76 Å². The van der Waals surface area contributed by atoms with E-state index in [4.69, 9.17) is 19.7 Å². The number of nitrogens with two attached hydrogens (primary N) is 1.